The number of nitrogens with zero attached hydrogens (tertiary/aromatic N) is 1. The second-order valence-corrected chi connectivity index (χ2v) is 7.66. The van der Waals surface area contributed by atoms with Crippen LogP contribution in [0, 0.1) is 11.3 Å². The number of piperidine rings is 1. The van der Waals surface area contributed by atoms with E-state index < -0.39 is 0 Å². The Morgan fingerprint density at radius 2 is 1.89 bits per heavy atom. The number of alkyl halides is 1. The number of hydrogen-bond acceptors (Lipinski definition) is 1. The molecule has 1 saturated heterocycles. The summed E-state index contributed by atoms with van der Waals surface area (Å²) in [6, 6.07) is 6.53. The van der Waals surface area contributed by atoms with Gasteiger partial charge in [0.05, 0.1) is 0 Å². The first-order chi connectivity index (χ1) is 8.91. The van der Waals surface area contributed by atoms with Crippen LogP contribution in [0.25, 0.3) is 0 Å². The molecule has 0 aromatic heterocycles. The monoisotopic (exact) mass is 343 g/mol. The molecule has 0 N–H and O–H groups in total. The highest BCUT2D eigenvalue weighted by Crippen LogP contribution is 2.36. The predicted molar refractivity (Wildman–Crippen MR) is 88.1 cm³/mol. The van der Waals surface area contributed by atoms with Gasteiger partial charge in [-0.1, -0.05) is 42.8 Å². The fraction of sp³-hybridized carbons (Fsp3) is 0.625. The summed E-state index contributed by atoms with van der Waals surface area (Å²) < 4.78 is 1.12. The van der Waals surface area contributed by atoms with Gasteiger partial charge < -0.3 is 4.90 Å². The molecule has 3 heteroatoms. The molecule has 0 aliphatic carbocycles. The molecule has 0 amide bonds. The molecule has 0 bridgehead atoms. The van der Waals surface area contributed by atoms with Crippen molar-refractivity contribution in [2.24, 2.45) is 11.3 Å². The lowest BCUT2D eigenvalue weighted by molar-refractivity contribution is 0.199. The van der Waals surface area contributed by atoms with Crippen molar-refractivity contribution in [3.8, 4) is 0 Å². The zero-order chi connectivity index (χ0) is 14.0. The Labute approximate surface area is 130 Å². The normalized spacial score (nSPS) is 17.8. The third kappa shape index (κ3) is 3.66. The lowest BCUT2D eigenvalue weighted by Crippen LogP contribution is -2.38. The molecule has 19 heavy (non-hydrogen) atoms. The van der Waals surface area contributed by atoms with Crippen LogP contribution in [0.3, 0.4) is 0 Å². The summed E-state index contributed by atoms with van der Waals surface area (Å²) in [5.41, 5.74) is 2.91. The van der Waals surface area contributed by atoms with Gasteiger partial charge in [-0.05, 0) is 41.9 Å². The van der Waals surface area contributed by atoms with Crippen molar-refractivity contribution < 1.29 is 0 Å². The molecule has 1 nitrogen and oxygen atoms in total. The Hall–Kier alpha value is -0.210. The highest BCUT2D eigenvalue weighted by atomic mass is 79.9. The van der Waals surface area contributed by atoms with Crippen molar-refractivity contribution in [3.05, 3.63) is 28.2 Å². The second-order valence-electron chi connectivity index (χ2n) is 6.54. The molecule has 0 atom stereocenters. The standard InChI is InChI=1S/C16H23BrClN/c1-16(2,3)13-6-8-19(9-7-13)14-5-4-12(11-18)15(17)10-14/h4-5,10,13H,6-9,11H2,1-3H3. The molecule has 106 valence electrons. The predicted octanol–water partition coefficient (Wildman–Crippen LogP) is 5.45. The van der Waals surface area contributed by atoms with E-state index in [2.05, 4.69) is 59.8 Å². The summed E-state index contributed by atoms with van der Waals surface area (Å²) in [6.45, 7) is 9.40. The van der Waals surface area contributed by atoms with Crippen LogP contribution in [-0.2, 0) is 5.88 Å². The van der Waals surface area contributed by atoms with E-state index in [9.17, 15) is 0 Å². The molecular weight excluding hydrogens is 322 g/mol. The number of anilines is 1. The number of hydrogen-bond donors (Lipinski definition) is 0. The van der Waals surface area contributed by atoms with E-state index in [1.165, 1.54) is 18.5 Å². The number of rotatable bonds is 2. The number of halogens is 2. The van der Waals surface area contributed by atoms with Crippen LogP contribution >= 0.6 is 27.5 Å². The van der Waals surface area contributed by atoms with Crippen LogP contribution in [0.1, 0.15) is 39.2 Å². The highest BCUT2D eigenvalue weighted by Gasteiger charge is 2.28. The zero-order valence-electron chi connectivity index (χ0n) is 12.0. The summed E-state index contributed by atoms with van der Waals surface area (Å²) in [6.07, 6.45) is 2.58. The maximum absolute atomic E-state index is 5.90. The molecule has 1 fully saturated rings. The lowest BCUT2D eigenvalue weighted by atomic mass is 9.75. The van der Waals surface area contributed by atoms with Crippen LogP contribution in [0.2, 0.25) is 0 Å². The van der Waals surface area contributed by atoms with E-state index in [1.54, 1.807) is 0 Å². The van der Waals surface area contributed by atoms with Crippen molar-refractivity contribution >= 4 is 33.2 Å². The minimum absolute atomic E-state index is 0.440. The largest absolute Gasteiger partial charge is 0.371 e. The van der Waals surface area contributed by atoms with E-state index >= 15 is 0 Å². The van der Waals surface area contributed by atoms with Crippen molar-refractivity contribution in [1.82, 2.24) is 0 Å². The van der Waals surface area contributed by atoms with Crippen LogP contribution in [-0.4, -0.2) is 13.1 Å². The molecular formula is C16H23BrClN. The Bertz CT molecular complexity index is 431. The van der Waals surface area contributed by atoms with Gasteiger partial charge in [0.1, 0.15) is 0 Å². The average Bonchev–Trinajstić information content (AvgIpc) is 2.38. The van der Waals surface area contributed by atoms with Gasteiger partial charge in [-0.15, -0.1) is 11.6 Å². The third-order valence-corrected chi connectivity index (χ3v) is 5.29. The SMILES string of the molecule is CC(C)(C)C1CCN(c2ccc(CCl)c(Br)c2)CC1. The van der Waals surface area contributed by atoms with Crippen LogP contribution in [0.5, 0.6) is 0 Å². The van der Waals surface area contributed by atoms with Gasteiger partial charge in [0.25, 0.3) is 0 Å². The summed E-state index contributed by atoms with van der Waals surface area (Å²) in [5.74, 6) is 1.40. The first-order valence-electron chi connectivity index (χ1n) is 7.01. The van der Waals surface area contributed by atoms with Crippen molar-refractivity contribution in [1.29, 1.82) is 0 Å². The van der Waals surface area contributed by atoms with Gasteiger partial charge >= 0.3 is 0 Å². The van der Waals surface area contributed by atoms with E-state index in [0.717, 1.165) is 29.0 Å². The van der Waals surface area contributed by atoms with Crippen molar-refractivity contribution in [3.63, 3.8) is 0 Å². The van der Waals surface area contributed by atoms with E-state index in [-0.39, 0.29) is 0 Å². The van der Waals surface area contributed by atoms with Crippen LogP contribution in [0.15, 0.2) is 22.7 Å². The quantitative estimate of drug-likeness (QED) is 0.645. The maximum atomic E-state index is 5.90. The van der Waals surface area contributed by atoms with Crippen LogP contribution in [0.4, 0.5) is 5.69 Å². The molecule has 0 unspecified atom stereocenters. The minimum atomic E-state index is 0.440. The molecule has 1 aromatic rings. The van der Waals surface area contributed by atoms with Gasteiger partial charge in [0.2, 0.25) is 0 Å². The second kappa shape index (κ2) is 6.05. The summed E-state index contributed by atoms with van der Waals surface area (Å²) >= 11 is 9.50. The molecule has 0 spiro atoms. The Kier molecular flexibility index (Phi) is 4.84. The molecule has 2 rings (SSSR count). The molecule has 1 heterocycles. The van der Waals surface area contributed by atoms with Crippen LogP contribution < -0.4 is 4.90 Å². The third-order valence-electron chi connectivity index (χ3n) is 4.27. The van der Waals surface area contributed by atoms with Gasteiger partial charge in [-0.3, -0.25) is 0 Å². The number of benzene rings is 1. The zero-order valence-corrected chi connectivity index (χ0v) is 14.4. The van der Waals surface area contributed by atoms with E-state index in [0.29, 0.717) is 11.3 Å². The lowest BCUT2D eigenvalue weighted by Gasteiger charge is -2.39. The summed E-state index contributed by atoms with van der Waals surface area (Å²) in [7, 11) is 0. The fourth-order valence-electron chi connectivity index (χ4n) is 2.85. The maximum Gasteiger partial charge on any atom is 0.0485 e. The minimum Gasteiger partial charge on any atom is -0.371 e. The Morgan fingerprint density at radius 3 is 2.37 bits per heavy atom. The molecule has 1 aliphatic heterocycles. The van der Waals surface area contributed by atoms with Gasteiger partial charge in [-0.25, -0.2) is 0 Å². The van der Waals surface area contributed by atoms with Gasteiger partial charge in [0.15, 0.2) is 0 Å². The van der Waals surface area contributed by atoms with Crippen molar-refractivity contribution in [2.75, 3.05) is 18.0 Å². The molecule has 0 saturated carbocycles. The fourth-order valence-corrected chi connectivity index (χ4v) is 3.75. The Morgan fingerprint density at radius 1 is 1.26 bits per heavy atom. The highest BCUT2D eigenvalue weighted by molar-refractivity contribution is 9.10. The van der Waals surface area contributed by atoms with Gasteiger partial charge in [-0.2, -0.15) is 0 Å². The first kappa shape index (κ1) is 15.2. The van der Waals surface area contributed by atoms with E-state index in [4.69, 9.17) is 11.6 Å². The topological polar surface area (TPSA) is 3.24 Å². The van der Waals surface area contributed by atoms with Crippen molar-refractivity contribution in [2.45, 2.75) is 39.5 Å². The first-order valence-corrected chi connectivity index (χ1v) is 8.34. The molecule has 1 aromatic carbocycles. The smallest absolute Gasteiger partial charge is 0.0485 e. The van der Waals surface area contributed by atoms with E-state index in [1.807, 2.05) is 0 Å². The summed E-state index contributed by atoms with van der Waals surface area (Å²) in [5, 5.41) is 0. The Balaban J connectivity index is 2.04. The summed E-state index contributed by atoms with van der Waals surface area (Å²) in [4.78, 5) is 2.49. The average molecular weight is 345 g/mol. The molecule has 0 radical (unpaired) electrons. The molecule has 1 aliphatic rings. The van der Waals surface area contributed by atoms with Gasteiger partial charge in [0, 0.05) is 29.1 Å².